The van der Waals surface area contributed by atoms with Crippen LogP contribution in [0, 0.1) is 0 Å². The number of piperidine rings is 1. The molecule has 0 aromatic heterocycles. The summed E-state index contributed by atoms with van der Waals surface area (Å²) in [7, 11) is 0. The van der Waals surface area contributed by atoms with Gasteiger partial charge in [0.05, 0.1) is 0 Å². The van der Waals surface area contributed by atoms with Gasteiger partial charge in [0.25, 0.3) is 0 Å². The van der Waals surface area contributed by atoms with Crippen LogP contribution in [0.25, 0.3) is 0 Å². The number of likely N-dealkylation sites (tertiary alicyclic amines) is 1. The Morgan fingerprint density at radius 1 is 1.03 bits per heavy atom. The minimum absolute atomic E-state index is 0.119. The largest absolute Gasteiger partial charge is 0.465 e. The van der Waals surface area contributed by atoms with Gasteiger partial charge in [-0.15, -0.1) is 0 Å². The van der Waals surface area contributed by atoms with Crippen LogP contribution in [0.3, 0.4) is 0 Å². The van der Waals surface area contributed by atoms with Crippen molar-refractivity contribution in [2.24, 2.45) is 0 Å². The van der Waals surface area contributed by atoms with Crippen molar-refractivity contribution in [1.82, 2.24) is 15.5 Å². The van der Waals surface area contributed by atoms with Gasteiger partial charge in [-0.2, -0.15) is 11.8 Å². The Hall–Kier alpha value is -3.00. The molecule has 1 aliphatic rings. The molecule has 0 aliphatic carbocycles. The summed E-state index contributed by atoms with van der Waals surface area (Å²) in [5, 5.41) is 14.1. The smallest absolute Gasteiger partial charge is 0.405 e. The highest BCUT2D eigenvalue weighted by molar-refractivity contribution is 7.98. The zero-order valence-corrected chi connectivity index (χ0v) is 20.5. The number of thioether (sulfide) groups is 1. The molecule has 0 bridgehead atoms. The van der Waals surface area contributed by atoms with Crippen molar-refractivity contribution in [2.45, 2.75) is 49.9 Å². The van der Waals surface area contributed by atoms with E-state index in [0.717, 1.165) is 18.4 Å². The van der Waals surface area contributed by atoms with E-state index in [1.807, 2.05) is 53.4 Å². The number of nitrogens with one attached hydrogen (secondary N) is 2. The van der Waals surface area contributed by atoms with Crippen LogP contribution in [0.1, 0.15) is 43.7 Å². The van der Waals surface area contributed by atoms with Crippen molar-refractivity contribution in [2.75, 3.05) is 18.8 Å². The average Bonchev–Trinajstić information content (AvgIpc) is 2.83. The van der Waals surface area contributed by atoms with Crippen LogP contribution in [0.15, 0.2) is 60.7 Å². The first kappa shape index (κ1) is 25.6. The van der Waals surface area contributed by atoms with E-state index in [4.69, 9.17) is 5.11 Å². The number of hydrogen-bond acceptors (Lipinski definition) is 4. The molecule has 1 heterocycles. The van der Waals surface area contributed by atoms with E-state index < -0.39 is 23.6 Å². The van der Waals surface area contributed by atoms with E-state index in [1.54, 1.807) is 11.8 Å². The second kappa shape index (κ2) is 11.9. The molecule has 2 aromatic carbocycles. The molecule has 3 rings (SSSR count). The lowest BCUT2D eigenvalue weighted by molar-refractivity contribution is -0.138. The van der Waals surface area contributed by atoms with Gasteiger partial charge in [-0.1, -0.05) is 60.7 Å². The second-order valence-corrected chi connectivity index (χ2v) is 10.1. The number of benzene rings is 2. The van der Waals surface area contributed by atoms with Gasteiger partial charge in [0, 0.05) is 24.6 Å². The van der Waals surface area contributed by atoms with Crippen molar-refractivity contribution in [3.05, 3.63) is 71.8 Å². The maximum atomic E-state index is 13.4. The zero-order chi connectivity index (χ0) is 24.6. The first-order chi connectivity index (χ1) is 16.3. The number of carbonyl (C=O) groups excluding carboxylic acids is 2. The summed E-state index contributed by atoms with van der Waals surface area (Å²) < 4.78 is 0. The third-order valence-corrected chi connectivity index (χ3v) is 7.17. The molecule has 1 aliphatic heterocycles. The summed E-state index contributed by atoms with van der Waals surface area (Å²) in [5.41, 5.74) is 1.08. The standard InChI is InChI=1S/C26H33N3O4S/c1-26(2,28-25(32)33)24(31)27-22(18-34-17-19-9-5-3-6-10-19)23(30)29-15-13-21(14-16-29)20-11-7-4-8-12-20/h3-12,21-22,28H,13-18H2,1-2H3,(H,27,31)(H,32,33). The number of nitrogens with zero attached hydrogens (tertiary/aromatic N) is 1. The van der Waals surface area contributed by atoms with Crippen molar-refractivity contribution >= 4 is 29.7 Å². The highest BCUT2D eigenvalue weighted by atomic mass is 32.2. The van der Waals surface area contributed by atoms with E-state index in [-0.39, 0.29) is 5.91 Å². The maximum Gasteiger partial charge on any atom is 0.405 e. The average molecular weight is 484 g/mol. The van der Waals surface area contributed by atoms with Gasteiger partial charge in [0.15, 0.2) is 0 Å². The van der Waals surface area contributed by atoms with Crippen LogP contribution in [-0.4, -0.2) is 58.3 Å². The Kier molecular flexibility index (Phi) is 8.98. The number of amides is 3. The van der Waals surface area contributed by atoms with Crippen molar-refractivity contribution < 1.29 is 19.5 Å². The fourth-order valence-electron chi connectivity index (χ4n) is 4.09. The summed E-state index contributed by atoms with van der Waals surface area (Å²) >= 11 is 1.57. The van der Waals surface area contributed by atoms with Gasteiger partial charge in [-0.3, -0.25) is 9.59 Å². The Labute approximate surface area is 205 Å². The topological polar surface area (TPSA) is 98.7 Å². The van der Waals surface area contributed by atoms with Crippen LogP contribution in [-0.2, 0) is 15.3 Å². The fraction of sp³-hybridized carbons (Fsp3) is 0.423. The van der Waals surface area contributed by atoms with E-state index in [9.17, 15) is 14.4 Å². The van der Waals surface area contributed by atoms with Gasteiger partial charge in [-0.05, 0) is 43.7 Å². The third-order valence-electron chi connectivity index (χ3n) is 6.06. The maximum absolute atomic E-state index is 13.4. The predicted molar refractivity (Wildman–Crippen MR) is 135 cm³/mol. The quantitative estimate of drug-likeness (QED) is 0.503. The minimum Gasteiger partial charge on any atom is -0.465 e. The fourth-order valence-corrected chi connectivity index (χ4v) is 5.09. The monoisotopic (exact) mass is 483 g/mol. The van der Waals surface area contributed by atoms with Crippen LogP contribution in [0.5, 0.6) is 0 Å². The van der Waals surface area contributed by atoms with Gasteiger partial charge in [0.2, 0.25) is 11.8 Å². The molecule has 1 unspecified atom stereocenters. The van der Waals surface area contributed by atoms with Crippen LogP contribution in [0.4, 0.5) is 4.79 Å². The second-order valence-electron chi connectivity index (χ2n) is 9.09. The first-order valence-corrected chi connectivity index (χ1v) is 12.7. The van der Waals surface area contributed by atoms with Gasteiger partial charge in [-0.25, -0.2) is 4.79 Å². The Morgan fingerprint density at radius 3 is 2.21 bits per heavy atom. The molecule has 2 aromatic rings. The molecule has 0 saturated carbocycles. The van der Waals surface area contributed by atoms with E-state index in [0.29, 0.717) is 30.5 Å². The van der Waals surface area contributed by atoms with Crippen molar-refractivity contribution in [3.8, 4) is 0 Å². The van der Waals surface area contributed by atoms with E-state index in [1.165, 1.54) is 19.4 Å². The molecule has 3 amide bonds. The molecule has 182 valence electrons. The van der Waals surface area contributed by atoms with Crippen molar-refractivity contribution in [3.63, 3.8) is 0 Å². The summed E-state index contributed by atoms with van der Waals surface area (Å²) in [6, 6.07) is 19.5. The summed E-state index contributed by atoms with van der Waals surface area (Å²) in [6.07, 6.45) is 0.462. The lowest BCUT2D eigenvalue weighted by Crippen LogP contribution is -2.60. The minimum atomic E-state index is -1.35. The van der Waals surface area contributed by atoms with Crippen LogP contribution < -0.4 is 10.6 Å². The predicted octanol–water partition coefficient (Wildman–Crippen LogP) is 3.86. The molecule has 7 nitrogen and oxygen atoms in total. The number of hydrogen-bond donors (Lipinski definition) is 3. The Bertz CT molecular complexity index is 961. The molecule has 1 atom stereocenters. The van der Waals surface area contributed by atoms with Crippen LogP contribution >= 0.6 is 11.8 Å². The lowest BCUT2D eigenvalue weighted by atomic mass is 9.89. The number of carbonyl (C=O) groups is 3. The molecule has 1 fully saturated rings. The van der Waals surface area contributed by atoms with E-state index in [2.05, 4.69) is 22.8 Å². The molecule has 0 radical (unpaired) electrons. The van der Waals surface area contributed by atoms with Crippen LogP contribution in [0.2, 0.25) is 0 Å². The highest BCUT2D eigenvalue weighted by Gasteiger charge is 2.35. The van der Waals surface area contributed by atoms with Gasteiger partial charge in [0.1, 0.15) is 11.6 Å². The van der Waals surface area contributed by atoms with Gasteiger partial charge >= 0.3 is 6.09 Å². The molecular formula is C26H33N3O4S. The van der Waals surface area contributed by atoms with Gasteiger partial charge < -0.3 is 20.6 Å². The summed E-state index contributed by atoms with van der Waals surface area (Å²) in [4.78, 5) is 39.2. The first-order valence-electron chi connectivity index (χ1n) is 11.5. The third kappa shape index (κ3) is 7.25. The number of carboxylic acid groups (broad SMARTS) is 1. The Balaban J connectivity index is 1.64. The number of rotatable bonds is 9. The summed E-state index contributed by atoms with van der Waals surface area (Å²) in [6.45, 7) is 4.23. The molecule has 3 N–H and O–H groups in total. The lowest BCUT2D eigenvalue weighted by Gasteiger charge is -2.35. The molecule has 0 spiro atoms. The molecule has 8 heteroatoms. The zero-order valence-electron chi connectivity index (χ0n) is 19.7. The van der Waals surface area contributed by atoms with Crippen molar-refractivity contribution in [1.29, 1.82) is 0 Å². The Morgan fingerprint density at radius 2 is 1.62 bits per heavy atom. The highest BCUT2D eigenvalue weighted by Crippen LogP contribution is 2.28. The molecule has 1 saturated heterocycles. The molecule has 34 heavy (non-hydrogen) atoms. The molecular weight excluding hydrogens is 450 g/mol. The van der Waals surface area contributed by atoms with E-state index >= 15 is 0 Å². The SMILES string of the molecule is CC(C)(NC(=O)O)C(=O)NC(CSCc1ccccc1)C(=O)N1CCC(c2ccccc2)CC1. The normalized spacial score (nSPS) is 15.4. The summed E-state index contributed by atoms with van der Waals surface area (Å²) in [5.74, 6) is 0.901.